The van der Waals surface area contributed by atoms with Crippen molar-refractivity contribution in [2.75, 3.05) is 13.1 Å². The Balaban J connectivity index is 1.59. The molecule has 1 saturated carbocycles. The van der Waals surface area contributed by atoms with Crippen molar-refractivity contribution in [3.63, 3.8) is 0 Å². The second-order valence-corrected chi connectivity index (χ2v) is 7.28. The SMILES string of the molecule is CCC1CCCCN1CC(=O)NN1C(=O)NC2(CCCCC2)C1=O. The number of likely N-dealkylation sites (tertiary alicyclic amines) is 1. The Morgan fingerprint density at radius 3 is 2.67 bits per heavy atom. The molecular weight excluding hydrogens is 308 g/mol. The topological polar surface area (TPSA) is 81.8 Å². The number of urea groups is 1. The van der Waals surface area contributed by atoms with Crippen LogP contribution in [0.3, 0.4) is 0 Å². The summed E-state index contributed by atoms with van der Waals surface area (Å²) in [6.45, 7) is 3.27. The Morgan fingerprint density at radius 1 is 1.21 bits per heavy atom. The van der Waals surface area contributed by atoms with Gasteiger partial charge in [-0.25, -0.2) is 4.79 Å². The molecule has 7 nitrogen and oxygen atoms in total. The van der Waals surface area contributed by atoms with Gasteiger partial charge in [0, 0.05) is 6.04 Å². The van der Waals surface area contributed by atoms with E-state index >= 15 is 0 Å². The molecule has 3 fully saturated rings. The minimum absolute atomic E-state index is 0.239. The van der Waals surface area contributed by atoms with E-state index in [9.17, 15) is 14.4 Å². The molecule has 24 heavy (non-hydrogen) atoms. The number of carbonyl (C=O) groups is 3. The number of nitrogens with one attached hydrogen (secondary N) is 2. The maximum Gasteiger partial charge on any atom is 0.344 e. The molecule has 134 valence electrons. The molecule has 2 aliphatic heterocycles. The molecule has 4 amide bonds. The van der Waals surface area contributed by atoms with E-state index in [1.165, 1.54) is 6.42 Å². The molecule has 3 aliphatic rings. The van der Waals surface area contributed by atoms with Crippen LogP contribution in [0.15, 0.2) is 0 Å². The molecule has 1 unspecified atom stereocenters. The van der Waals surface area contributed by atoms with Gasteiger partial charge in [0.15, 0.2) is 0 Å². The monoisotopic (exact) mass is 336 g/mol. The summed E-state index contributed by atoms with van der Waals surface area (Å²) in [7, 11) is 0. The molecule has 0 aromatic carbocycles. The van der Waals surface area contributed by atoms with E-state index in [-0.39, 0.29) is 18.4 Å². The Bertz CT molecular complexity index is 516. The molecule has 1 atom stereocenters. The third-order valence-electron chi connectivity index (χ3n) is 5.67. The lowest BCUT2D eigenvalue weighted by molar-refractivity contribution is -0.140. The van der Waals surface area contributed by atoms with Crippen molar-refractivity contribution in [3.05, 3.63) is 0 Å². The van der Waals surface area contributed by atoms with Crippen LogP contribution in [0.2, 0.25) is 0 Å². The summed E-state index contributed by atoms with van der Waals surface area (Å²) in [6, 6.07) is -0.0850. The standard InChI is InChI=1S/C17H28N4O3/c1-2-13-8-4-7-11-20(13)12-14(22)19-21-15(23)17(18-16(21)24)9-5-3-6-10-17/h13H,2-12H2,1H3,(H,18,24)(H,19,22). The van der Waals surface area contributed by atoms with Crippen molar-refractivity contribution in [1.82, 2.24) is 20.7 Å². The van der Waals surface area contributed by atoms with E-state index in [4.69, 9.17) is 0 Å². The Labute approximate surface area is 143 Å². The summed E-state index contributed by atoms with van der Waals surface area (Å²) in [4.78, 5) is 39.4. The van der Waals surface area contributed by atoms with Crippen LogP contribution in [0.5, 0.6) is 0 Å². The molecule has 0 aromatic heterocycles. The van der Waals surface area contributed by atoms with Gasteiger partial charge in [-0.2, -0.15) is 5.01 Å². The first-order valence-electron chi connectivity index (χ1n) is 9.26. The second-order valence-electron chi connectivity index (χ2n) is 7.28. The lowest BCUT2D eigenvalue weighted by atomic mass is 9.82. The average Bonchev–Trinajstić information content (AvgIpc) is 2.80. The molecule has 1 spiro atoms. The van der Waals surface area contributed by atoms with E-state index in [2.05, 4.69) is 22.6 Å². The third-order valence-corrected chi connectivity index (χ3v) is 5.67. The molecule has 1 aliphatic carbocycles. The maximum atomic E-state index is 12.7. The van der Waals surface area contributed by atoms with Crippen molar-refractivity contribution in [2.45, 2.75) is 76.3 Å². The number of amides is 4. The van der Waals surface area contributed by atoms with Gasteiger partial charge < -0.3 is 5.32 Å². The van der Waals surface area contributed by atoms with E-state index in [1.807, 2.05) is 0 Å². The number of hydrogen-bond donors (Lipinski definition) is 2. The number of carbonyl (C=O) groups excluding carboxylic acids is 3. The van der Waals surface area contributed by atoms with Crippen LogP contribution >= 0.6 is 0 Å². The molecular formula is C17H28N4O3. The molecule has 3 rings (SSSR count). The molecule has 0 radical (unpaired) electrons. The highest BCUT2D eigenvalue weighted by Gasteiger charge is 2.52. The van der Waals surface area contributed by atoms with Crippen molar-refractivity contribution < 1.29 is 14.4 Å². The molecule has 7 heteroatoms. The number of hydrazine groups is 1. The zero-order chi connectivity index (χ0) is 17.2. The van der Waals surface area contributed by atoms with Gasteiger partial charge in [-0.3, -0.25) is 19.9 Å². The number of nitrogens with zero attached hydrogens (tertiary/aromatic N) is 2. The predicted octanol–water partition coefficient (Wildman–Crippen LogP) is 1.54. The number of piperidine rings is 1. The number of imide groups is 1. The van der Waals surface area contributed by atoms with Gasteiger partial charge in [0.2, 0.25) is 0 Å². The lowest BCUT2D eigenvalue weighted by Crippen LogP contribution is -2.53. The highest BCUT2D eigenvalue weighted by molar-refractivity contribution is 6.08. The predicted molar refractivity (Wildman–Crippen MR) is 88.8 cm³/mol. The highest BCUT2D eigenvalue weighted by Crippen LogP contribution is 2.33. The molecule has 2 heterocycles. The minimum Gasteiger partial charge on any atom is -0.322 e. The zero-order valence-electron chi connectivity index (χ0n) is 14.5. The fourth-order valence-electron chi connectivity index (χ4n) is 4.29. The number of rotatable bonds is 4. The summed E-state index contributed by atoms with van der Waals surface area (Å²) < 4.78 is 0. The zero-order valence-corrected chi connectivity index (χ0v) is 14.5. The average molecular weight is 336 g/mol. The van der Waals surface area contributed by atoms with Crippen molar-refractivity contribution >= 4 is 17.8 Å². The van der Waals surface area contributed by atoms with E-state index in [0.717, 1.165) is 50.1 Å². The number of hydrogen-bond acceptors (Lipinski definition) is 4. The largest absolute Gasteiger partial charge is 0.344 e. The normalized spacial score (nSPS) is 27.4. The van der Waals surface area contributed by atoms with Crippen molar-refractivity contribution in [1.29, 1.82) is 0 Å². The van der Waals surface area contributed by atoms with Gasteiger partial charge in [0.25, 0.3) is 11.8 Å². The van der Waals surface area contributed by atoms with Gasteiger partial charge in [0.05, 0.1) is 6.54 Å². The molecule has 2 saturated heterocycles. The van der Waals surface area contributed by atoms with Gasteiger partial charge >= 0.3 is 6.03 Å². The summed E-state index contributed by atoms with van der Waals surface area (Å²) in [5.41, 5.74) is 1.74. The minimum atomic E-state index is -0.792. The van der Waals surface area contributed by atoms with E-state index in [1.54, 1.807) is 0 Å². The maximum absolute atomic E-state index is 12.7. The molecule has 0 aromatic rings. The highest BCUT2D eigenvalue weighted by atomic mass is 16.2. The van der Waals surface area contributed by atoms with E-state index in [0.29, 0.717) is 18.9 Å². The Hall–Kier alpha value is -1.63. The first-order chi connectivity index (χ1) is 11.6. The van der Waals surface area contributed by atoms with Crippen LogP contribution in [0.25, 0.3) is 0 Å². The smallest absolute Gasteiger partial charge is 0.322 e. The summed E-state index contributed by atoms with van der Waals surface area (Å²) in [5.74, 6) is -0.585. The summed E-state index contributed by atoms with van der Waals surface area (Å²) >= 11 is 0. The van der Waals surface area contributed by atoms with Crippen LogP contribution < -0.4 is 10.7 Å². The third kappa shape index (κ3) is 3.27. The lowest BCUT2D eigenvalue weighted by Gasteiger charge is -2.34. The van der Waals surface area contributed by atoms with Crippen LogP contribution in [0, 0.1) is 0 Å². The summed E-state index contributed by atoms with van der Waals surface area (Å²) in [6.07, 6.45) is 8.68. The molecule has 0 bridgehead atoms. The quantitative estimate of drug-likeness (QED) is 0.763. The van der Waals surface area contributed by atoms with Crippen LogP contribution in [0.1, 0.15) is 64.7 Å². The second kappa shape index (κ2) is 7.09. The van der Waals surface area contributed by atoms with E-state index < -0.39 is 11.6 Å². The van der Waals surface area contributed by atoms with Crippen LogP contribution in [-0.2, 0) is 9.59 Å². The Kier molecular flexibility index (Phi) is 5.08. The molecule has 2 N–H and O–H groups in total. The van der Waals surface area contributed by atoms with Crippen LogP contribution in [0.4, 0.5) is 4.79 Å². The fourth-order valence-corrected chi connectivity index (χ4v) is 4.29. The van der Waals surface area contributed by atoms with Gasteiger partial charge in [-0.05, 0) is 38.6 Å². The van der Waals surface area contributed by atoms with Gasteiger partial charge in [0.1, 0.15) is 5.54 Å². The first kappa shape index (κ1) is 17.2. The first-order valence-corrected chi connectivity index (χ1v) is 9.26. The van der Waals surface area contributed by atoms with Crippen molar-refractivity contribution in [3.8, 4) is 0 Å². The van der Waals surface area contributed by atoms with Gasteiger partial charge in [-0.15, -0.1) is 0 Å². The van der Waals surface area contributed by atoms with Crippen LogP contribution in [-0.4, -0.2) is 52.4 Å². The Morgan fingerprint density at radius 2 is 1.96 bits per heavy atom. The fraction of sp³-hybridized carbons (Fsp3) is 0.824. The van der Waals surface area contributed by atoms with Gasteiger partial charge in [-0.1, -0.05) is 32.6 Å². The summed E-state index contributed by atoms with van der Waals surface area (Å²) in [5, 5.41) is 3.71. The van der Waals surface area contributed by atoms with Crippen molar-refractivity contribution in [2.24, 2.45) is 0 Å².